The van der Waals surface area contributed by atoms with Gasteiger partial charge in [-0.2, -0.15) is 5.10 Å². The van der Waals surface area contributed by atoms with Crippen LogP contribution in [-0.4, -0.2) is 28.8 Å². The number of hydrogen-bond acceptors (Lipinski definition) is 3. The average Bonchev–Trinajstić information content (AvgIpc) is 2.85. The Bertz CT molecular complexity index is 618. The maximum absolute atomic E-state index is 12.2. The number of hydrogen-bond donors (Lipinski definition) is 2. The van der Waals surface area contributed by atoms with Gasteiger partial charge >= 0.3 is 0 Å². The predicted molar refractivity (Wildman–Crippen MR) is 84.6 cm³/mol. The molecule has 21 heavy (non-hydrogen) atoms. The molecule has 1 aromatic heterocycles. The van der Waals surface area contributed by atoms with Crippen LogP contribution >= 0.6 is 0 Å². The van der Waals surface area contributed by atoms with Crippen LogP contribution in [-0.2, 0) is 13.5 Å². The summed E-state index contributed by atoms with van der Waals surface area (Å²) in [6.07, 6.45) is 2.64. The third kappa shape index (κ3) is 4.08. The summed E-state index contributed by atoms with van der Waals surface area (Å²) < 4.78 is 1.76. The first kappa shape index (κ1) is 15.1. The number of nitrogens with zero attached hydrogens (tertiary/aromatic N) is 2. The Kier molecular flexibility index (Phi) is 4.98. The summed E-state index contributed by atoms with van der Waals surface area (Å²) in [6, 6.07) is 7.76. The molecule has 0 saturated carbocycles. The minimum absolute atomic E-state index is 0.0357. The number of rotatable bonds is 6. The second kappa shape index (κ2) is 6.92. The first-order valence-electron chi connectivity index (χ1n) is 7.21. The molecule has 5 nitrogen and oxygen atoms in total. The second-order valence-corrected chi connectivity index (χ2v) is 5.05. The van der Waals surface area contributed by atoms with E-state index in [1.54, 1.807) is 4.68 Å². The van der Waals surface area contributed by atoms with Gasteiger partial charge in [0.25, 0.3) is 5.91 Å². The van der Waals surface area contributed by atoms with Crippen molar-refractivity contribution in [3.05, 3.63) is 47.3 Å². The van der Waals surface area contributed by atoms with Crippen LogP contribution in [0.3, 0.4) is 0 Å². The molecule has 0 bridgehead atoms. The molecule has 0 spiro atoms. The largest absolute Gasteiger partial charge is 0.385 e. The molecule has 112 valence electrons. The van der Waals surface area contributed by atoms with Gasteiger partial charge in [-0.1, -0.05) is 0 Å². The summed E-state index contributed by atoms with van der Waals surface area (Å²) in [7, 11) is 1.89. The summed E-state index contributed by atoms with van der Waals surface area (Å²) in [4.78, 5) is 12.2. The quantitative estimate of drug-likeness (QED) is 0.855. The maximum atomic E-state index is 12.2. The van der Waals surface area contributed by atoms with Crippen molar-refractivity contribution in [3.8, 4) is 0 Å². The Morgan fingerprint density at radius 3 is 2.76 bits per heavy atom. The minimum Gasteiger partial charge on any atom is -0.385 e. The van der Waals surface area contributed by atoms with Gasteiger partial charge in [0.05, 0.1) is 5.69 Å². The summed E-state index contributed by atoms with van der Waals surface area (Å²) in [6.45, 7) is 5.46. The predicted octanol–water partition coefficient (Wildman–Crippen LogP) is 2.13. The van der Waals surface area contributed by atoms with Gasteiger partial charge in [0.2, 0.25) is 0 Å². The number of carbonyl (C=O) groups excluding carboxylic acids is 1. The summed E-state index contributed by atoms with van der Waals surface area (Å²) in [5.41, 5.74) is 3.72. The fraction of sp³-hybridized carbons (Fsp3) is 0.375. The third-order valence-corrected chi connectivity index (χ3v) is 3.29. The van der Waals surface area contributed by atoms with Crippen molar-refractivity contribution in [3.63, 3.8) is 0 Å². The Balaban J connectivity index is 1.91. The highest BCUT2D eigenvalue weighted by Gasteiger charge is 2.09. The zero-order valence-corrected chi connectivity index (χ0v) is 12.8. The van der Waals surface area contributed by atoms with E-state index in [0.717, 1.165) is 35.5 Å². The Hall–Kier alpha value is -2.30. The van der Waals surface area contributed by atoms with Gasteiger partial charge in [-0.3, -0.25) is 9.48 Å². The second-order valence-electron chi connectivity index (χ2n) is 5.05. The number of aryl methyl sites for hydroxylation is 2. The van der Waals surface area contributed by atoms with Gasteiger partial charge in [-0.15, -0.1) is 0 Å². The van der Waals surface area contributed by atoms with Crippen LogP contribution < -0.4 is 10.6 Å². The summed E-state index contributed by atoms with van der Waals surface area (Å²) in [5, 5.41) is 10.5. The third-order valence-electron chi connectivity index (χ3n) is 3.29. The molecule has 0 atom stereocenters. The Morgan fingerprint density at radius 2 is 2.14 bits per heavy atom. The molecule has 0 aliphatic carbocycles. The highest BCUT2D eigenvalue weighted by atomic mass is 16.1. The van der Waals surface area contributed by atoms with Crippen molar-refractivity contribution in [2.75, 3.05) is 18.4 Å². The molecule has 1 aromatic carbocycles. The smallest absolute Gasteiger partial charge is 0.251 e. The fourth-order valence-electron chi connectivity index (χ4n) is 2.23. The lowest BCUT2D eigenvalue weighted by atomic mass is 10.1. The minimum atomic E-state index is -0.0357. The van der Waals surface area contributed by atoms with Crippen molar-refractivity contribution < 1.29 is 4.79 Å². The number of anilines is 1. The highest BCUT2D eigenvalue weighted by Crippen LogP contribution is 2.15. The van der Waals surface area contributed by atoms with Gasteiger partial charge in [0.1, 0.15) is 0 Å². The van der Waals surface area contributed by atoms with Crippen molar-refractivity contribution in [1.29, 1.82) is 0 Å². The van der Waals surface area contributed by atoms with E-state index in [2.05, 4.69) is 15.7 Å². The molecule has 0 saturated heterocycles. The first-order valence-corrected chi connectivity index (χ1v) is 7.21. The molecule has 1 heterocycles. The van der Waals surface area contributed by atoms with Crippen LogP contribution in [0.2, 0.25) is 0 Å². The summed E-state index contributed by atoms with van der Waals surface area (Å²) >= 11 is 0. The van der Waals surface area contributed by atoms with Crippen LogP contribution in [0.1, 0.15) is 28.5 Å². The van der Waals surface area contributed by atoms with Gasteiger partial charge in [-0.25, -0.2) is 0 Å². The SMILES string of the molecule is CCNc1ccc(C(=O)NCCc2ccn(C)n2)c(C)c1. The van der Waals surface area contributed by atoms with Crippen LogP contribution in [0.25, 0.3) is 0 Å². The van der Waals surface area contributed by atoms with Crippen LogP contribution in [0.15, 0.2) is 30.5 Å². The number of nitrogens with one attached hydrogen (secondary N) is 2. The van der Waals surface area contributed by atoms with E-state index in [0.29, 0.717) is 6.54 Å². The van der Waals surface area contributed by atoms with Crippen LogP contribution in [0, 0.1) is 6.92 Å². The first-order chi connectivity index (χ1) is 10.1. The topological polar surface area (TPSA) is 59.0 Å². The molecular formula is C16H22N4O. The number of amides is 1. The molecule has 0 radical (unpaired) electrons. The molecule has 0 aliphatic rings. The molecule has 0 aliphatic heterocycles. The van der Waals surface area contributed by atoms with Crippen molar-refractivity contribution in [2.45, 2.75) is 20.3 Å². The zero-order chi connectivity index (χ0) is 15.2. The highest BCUT2D eigenvalue weighted by molar-refractivity contribution is 5.96. The van der Waals surface area contributed by atoms with Crippen LogP contribution in [0.4, 0.5) is 5.69 Å². The van der Waals surface area contributed by atoms with E-state index in [-0.39, 0.29) is 5.91 Å². The fourth-order valence-corrected chi connectivity index (χ4v) is 2.23. The lowest BCUT2D eigenvalue weighted by Crippen LogP contribution is -2.26. The lowest BCUT2D eigenvalue weighted by molar-refractivity contribution is 0.0953. The lowest BCUT2D eigenvalue weighted by Gasteiger charge is -2.10. The molecule has 2 aromatic rings. The standard InChI is InChI=1S/C16H22N4O/c1-4-17-14-5-6-15(12(2)11-14)16(21)18-9-7-13-8-10-20(3)19-13/h5-6,8,10-11,17H,4,7,9H2,1-3H3,(H,18,21). The molecule has 2 N–H and O–H groups in total. The zero-order valence-electron chi connectivity index (χ0n) is 12.8. The van der Waals surface area contributed by atoms with E-state index in [1.165, 1.54) is 0 Å². The molecule has 5 heteroatoms. The Morgan fingerprint density at radius 1 is 1.33 bits per heavy atom. The summed E-state index contributed by atoms with van der Waals surface area (Å²) in [5.74, 6) is -0.0357. The van der Waals surface area contributed by atoms with Gasteiger partial charge in [-0.05, 0) is 43.7 Å². The molecule has 0 unspecified atom stereocenters. The van der Waals surface area contributed by atoms with E-state index < -0.39 is 0 Å². The van der Waals surface area contributed by atoms with E-state index in [9.17, 15) is 4.79 Å². The van der Waals surface area contributed by atoms with Gasteiger partial charge in [0.15, 0.2) is 0 Å². The number of carbonyl (C=O) groups is 1. The number of aromatic nitrogens is 2. The van der Waals surface area contributed by atoms with Crippen LogP contribution in [0.5, 0.6) is 0 Å². The molecular weight excluding hydrogens is 264 g/mol. The average molecular weight is 286 g/mol. The Labute approximate surface area is 125 Å². The molecule has 0 fully saturated rings. The van der Waals surface area contributed by atoms with Crippen molar-refractivity contribution in [1.82, 2.24) is 15.1 Å². The van der Waals surface area contributed by atoms with Crippen molar-refractivity contribution >= 4 is 11.6 Å². The van der Waals surface area contributed by atoms with E-state index >= 15 is 0 Å². The van der Waals surface area contributed by atoms with Crippen molar-refractivity contribution in [2.24, 2.45) is 7.05 Å². The van der Waals surface area contributed by atoms with Gasteiger partial charge in [0, 0.05) is 44.0 Å². The normalized spacial score (nSPS) is 10.4. The molecule has 2 rings (SSSR count). The monoisotopic (exact) mass is 286 g/mol. The molecule has 1 amide bonds. The number of benzene rings is 1. The van der Waals surface area contributed by atoms with Gasteiger partial charge < -0.3 is 10.6 Å². The maximum Gasteiger partial charge on any atom is 0.251 e. The van der Waals surface area contributed by atoms with E-state index in [1.807, 2.05) is 51.4 Å². The van der Waals surface area contributed by atoms with E-state index in [4.69, 9.17) is 0 Å².